The lowest BCUT2D eigenvalue weighted by Gasteiger charge is -2.08. The second kappa shape index (κ2) is 6.67. The van der Waals surface area contributed by atoms with Crippen LogP contribution in [0.15, 0.2) is 46.9 Å². The second-order valence-corrected chi connectivity index (χ2v) is 5.29. The molecule has 0 spiro atoms. The Morgan fingerprint density at radius 2 is 1.86 bits per heavy atom. The van der Waals surface area contributed by atoms with Crippen molar-refractivity contribution in [3.8, 4) is 5.75 Å². The molecule has 1 amide bonds. The lowest BCUT2D eigenvalue weighted by molar-refractivity contribution is -0.0498. The zero-order valence-corrected chi connectivity index (χ0v) is 12.7. The van der Waals surface area contributed by atoms with Gasteiger partial charge in [0, 0.05) is 15.7 Å². The number of amides is 1. The monoisotopic (exact) mass is 355 g/mol. The fourth-order valence-corrected chi connectivity index (χ4v) is 2.41. The summed E-state index contributed by atoms with van der Waals surface area (Å²) in [7, 11) is 0. The van der Waals surface area contributed by atoms with Crippen molar-refractivity contribution in [2.24, 2.45) is 0 Å². The van der Waals surface area contributed by atoms with Crippen molar-refractivity contribution in [1.82, 2.24) is 0 Å². The summed E-state index contributed by atoms with van der Waals surface area (Å²) >= 11 is 3.35. The molecular formula is C15H12BrF2NO2. The smallest absolute Gasteiger partial charge is 0.387 e. The number of aryl methyl sites for hydroxylation is 1. The van der Waals surface area contributed by atoms with Crippen LogP contribution in [0.1, 0.15) is 15.9 Å². The van der Waals surface area contributed by atoms with E-state index in [1.54, 1.807) is 6.07 Å². The Kier molecular flexibility index (Phi) is 4.90. The van der Waals surface area contributed by atoms with Gasteiger partial charge in [0.15, 0.2) is 0 Å². The predicted octanol–water partition coefficient (Wildman–Crippen LogP) is 4.61. The Labute approximate surface area is 129 Å². The normalized spacial score (nSPS) is 10.5. The zero-order chi connectivity index (χ0) is 15.4. The largest absolute Gasteiger partial charge is 0.435 e. The molecule has 2 rings (SSSR count). The first kappa shape index (κ1) is 15.4. The number of ether oxygens (including phenoxy) is 1. The molecule has 110 valence electrons. The van der Waals surface area contributed by atoms with Gasteiger partial charge in [0.05, 0.1) is 0 Å². The van der Waals surface area contributed by atoms with E-state index in [4.69, 9.17) is 0 Å². The van der Waals surface area contributed by atoms with Gasteiger partial charge in [0.2, 0.25) is 0 Å². The minimum Gasteiger partial charge on any atom is -0.435 e. The van der Waals surface area contributed by atoms with Gasteiger partial charge in [0.1, 0.15) is 5.75 Å². The third-order valence-corrected chi connectivity index (χ3v) is 3.10. The standard InChI is InChI=1S/C15H12BrF2NO2/c1-9-6-11(16)8-12(7-9)19-14(20)10-2-4-13(5-3-10)21-15(17)18/h2-8,15H,1H3,(H,19,20). The van der Waals surface area contributed by atoms with Gasteiger partial charge in [-0.25, -0.2) is 0 Å². The van der Waals surface area contributed by atoms with Gasteiger partial charge < -0.3 is 10.1 Å². The van der Waals surface area contributed by atoms with Gasteiger partial charge in [0.25, 0.3) is 5.91 Å². The topological polar surface area (TPSA) is 38.3 Å². The summed E-state index contributed by atoms with van der Waals surface area (Å²) in [5.74, 6) is -0.309. The molecule has 0 aliphatic carbocycles. The molecule has 0 aromatic heterocycles. The third-order valence-electron chi connectivity index (χ3n) is 2.64. The molecule has 0 heterocycles. The maximum absolute atomic E-state index is 12.1. The number of carbonyl (C=O) groups excluding carboxylic acids is 1. The van der Waals surface area contributed by atoms with Gasteiger partial charge in [-0.15, -0.1) is 0 Å². The molecule has 0 aliphatic heterocycles. The summed E-state index contributed by atoms with van der Waals surface area (Å²) in [6.07, 6.45) is 0. The van der Waals surface area contributed by atoms with Gasteiger partial charge >= 0.3 is 6.61 Å². The summed E-state index contributed by atoms with van der Waals surface area (Å²) in [5.41, 5.74) is 2.01. The molecule has 0 radical (unpaired) electrons. The van der Waals surface area contributed by atoms with Crippen molar-refractivity contribution < 1.29 is 18.3 Å². The van der Waals surface area contributed by atoms with Crippen LogP contribution in [0.25, 0.3) is 0 Å². The van der Waals surface area contributed by atoms with E-state index in [1.807, 2.05) is 19.1 Å². The average Bonchev–Trinajstić information content (AvgIpc) is 2.37. The summed E-state index contributed by atoms with van der Waals surface area (Å²) < 4.78 is 29.2. The van der Waals surface area contributed by atoms with Crippen molar-refractivity contribution in [2.45, 2.75) is 13.5 Å². The molecule has 0 fully saturated rings. The quantitative estimate of drug-likeness (QED) is 0.869. The highest BCUT2D eigenvalue weighted by molar-refractivity contribution is 9.10. The lowest BCUT2D eigenvalue weighted by Crippen LogP contribution is -2.12. The number of alkyl halides is 2. The van der Waals surface area contributed by atoms with Crippen molar-refractivity contribution in [3.63, 3.8) is 0 Å². The first-order valence-electron chi connectivity index (χ1n) is 6.07. The molecule has 0 saturated heterocycles. The summed E-state index contributed by atoms with van der Waals surface area (Å²) in [5, 5.41) is 2.74. The minimum atomic E-state index is -2.88. The van der Waals surface area contributed by atoms with Crippen molar-refractivity contribution in [3.05, 3.63) is 58.1 Å². The molecule has 0 saturated carbocycles. The van der Waals surface area contributed by atoms with Crippen LogP contribution in [0.3, 0.4) is 0 Å². The van der Waals surface area contributed by atoms with E-state index in [9.17, 15) is 13.6 Å². The summed E-state index contributed by atoms with van der Waals surface area (Å²) in [4.78, 5) is 12.1. The van der Waals surface area contributed by atoms with E-state index in [2.05, 4.69) is 26.0 Å². The SMILES string of the molecule is Cc1cc(Br)cc(NC(=O)c2ccc(OC(F)F)cc2)c1. The molecule has 21 heavy (non-hydrogen) atoms. The molecule has 0 bridgehead atoms. The van der Waals surface area contributed by atoms with E-state index in [0.717, 1.165) is 10.0 Å². The Hall–Kier alpha value is -1.95. The molecule has 0 atom stereocenters. The highest BCUT2D eigenvalue weighted by atomic mass is 79.9. The number of hydrogen-bond acceptors (Lipinski definition) is 2. The number of carbonyl (C=O) groups is 1. The van der Waals surface area contributed by atoms with Crippen molar-refractivity contribution >= 4 is 27.5 Å². The summed E-state index contributed by atoms with van der Waals surface area (Å²) in [6.45, 7) is -0.967. The van der Waals surface area contributed by atoms with E-state index < -0.39 is 6.61 Å². The molecule has 0 unspecified atom stereocenters. The molecule has 0 aliphatic rings. The number of anilines is 1. The Morgan fingerprint density at radius 3 is 2.43 bits per heavy atom. The first-order chi connectivity index (χ1) is 9.94. The molecule has 3 nitrogen and oxygen atoms in total. The molecule has 1 N–H and O–H groups in total. The Morgan fingerprint density at radius 1 is 1.19 bits per heavy atom. The Bertz CT molecular complexity index is 624. The predicted molar refractivity (Wildman–Crippen MR) is 79.9 cm³/mol. The average molecular weight is 356 g/mol. The van der Waals surface area contributed by atoms with Gasteiger partial charge in [-0.2, -0.15) is 8.78 Å². The van der Waals surface area contributed by atoms with Crippen molar-refractivity contribution in [1.29, 1.82) is 0 Å². The molecular weight excluding hydrogens is 344 g/mol. The maximum Gasteiger partial charge on any atom is 0.387 e. The minimum absolute atomic E-state index is 0.0138. The number of benzene rings is 2. The number of hydrogen-bond donors (Lipinski definition) is 1. The van der Waals surface area contributed by atoms with Crippen LogP contribution < -0.4 is 10.1 Å². The van der Waals surface area contributed by atoms with E-state index in [-0.39, 0.29) is 11.7 Å². The van der Waals surface area contributed by atoms with Crippen LogP contribution in [0.2, 0.25) is 0 Å². The van der Waals surface area contributed by atoms with E-state index in [0.29, 0.717) is 11.3 Å². The molecule has 6 heteroatoms. The van der Waals surface area contributed by atoms with Crippen LogP contribution in [-0.2, 0) is 0 Å². The fraction of sp³-hybridized carbons (Fsp3) is 0.133. The lowest BCUT2D eigenvalue weighted by atomic mass is 10.2. The second-order valence-electron chi connectivity index (χ2n) is 4.37. The highest BCUT2D eigenvalue weighted by Gasteiger charge is 2.09. The summed E-state index contributed by atoms with van der Waals surface area (Å²) in [6, 6.07) is 11.0. The van der Waals surface area contributed by atoms with Crippen LogP contribution in [0.4, 0.5) is 14.5 Å². The third kappa shape index (κ3) is 4.53. The van der Waals surface area contributed by atoms with Crippen LogP contribution in [0.5, 0.6) is 5.75 Å². The highest BCUT2D eigenvalue weighted by Crippen LogP contribution is 2.20. The number of halogens is 3. The number of nitrogens with one attached hydrogen (secondary N) is 1. The maximum atomic E-state index is 12.1. The Balaban J connectivity index is 2.09. The fourth-order valence-electron chi connectivity index (χ4n) is 1.80. The molecule has 2 aromatic carbocycles. The number of rotatable bonds is 4. The van der Waals surface area contributed by atoms with Crippen molar-refractivity contribution in [2.75, 3.05) is 5.32 Å². The van der Waals surface area contributed by atoms with E-state index >= 15 is 0 Å². The van der Waals surface area contributed by atoms with Crippen LogP contribution >= 0.6 is 15.9 Å². The van der Waals surface area contributed by atoms with Gasteiger partial charge in [-0.05, 0) is 55.0 Å². The first-order valence-corrected chi connectivity index (χ1v) is 6.87. The van der Waals surface area contributed by atoms with Crippen LogP contribution in [-0.4, -0.2) is 12.5 Å². The van der Waals surface area contributed by atoms with Gasteiger partial charge in [-0.1, -0.05) is 15.9 Å². The van der Waals surface area contributed by atoms with Crippen LogP contribution in [0, 0.1) is 6.92 Å². The zero-order valence-electron chi connectivity index (χ0n) is 11.1. The van der Waals surface area contributed by atoms with Gasteiger partial charge in [-0.3, -0.25) is 4.79 Å². The van der Waals surface area contributed by atoms with E-state index in [1.165, 1.54) is 24.3 Å². The molecule has 2 aromatic rings.